The highest BCUT2D eigenvalue weighted by molar-refractivity contribution is 5.96. The number of nitrogens with zero attached hydrogens (tertiary/aromatic N) is 2. The van der Waals surface area contributed by atoms with Crippen LogP contribution < -0.4 is 5.32 Å². The second-order valence-electron chi connectivity index (χ2n) is 8.63. The summed E-state index contributed by atoms with van der Waals surface area (Å²) in [5.41, 5.74) is 5.68. The lowest BCUT2D eigenvalue weighted by molar-refractivity contribution is -0.140. The summed E-state index contributed by atoms with van der Waals surface area (Å²) < 4.78 is 7.24. The van der Waals surface area contributed by atoms with Crippen LogP contribution in [0.4, 0.5) is 5.69 Å². The van der Waals surface area contributed by atoms with Crippen molar-refractivity contribution in [3.8, 4) is 11.1 Å². The summed E-state index contributed by atoms with van der Waals surface area (Å²) in [6, 6.07) is 21.0. The van der Waals surface area contributed by atoms with E-state index in [4.69, 9.17) is 9.72 Å². The number of carbonyl (C=O) groups excluding carboxylic acids is 1. The number of rotatable bonds is 11. The van der Waals surface area contributed by atoms with Crippen molar-refractivity contribution < 1.29 is 19.4 Å². The first-order chi connectivity index (χ1) is 17.5. The lowest BCUT2D eigenvalue weighted by Crippen LogP contribution is -2.16. The molecule has 4 rings (SSSR count). The molecule has 2 N–H and O–H groups in total. The SMILES string of the molecule is CCCCc1nc2ccc(NCC(=O)OCC)cc2n1Cc1ccc(-c2ccccc2C(=O)O)cc1. The Morgan fingerprint density at radius 2 is 1.81 bits per heavy atom. The molecular weight excluding hydrogens is 454 g/mol. The molecule has 0 aliphatic rings. The minimum absolute atomic E-state index is 0.107. The van der Waals surface area contributed by atoms with Gasteiger partial charge in [0.25, 0.3) is 0 Å². The van der Waals surface area contributed by atoms with Gasteiger partial charge in [-0.25, -0.2) is 9.78 Å². The van der Waals surface area contributed by atoms with Gasteiger partial charge in [-0.3, -0.25) is 4.79 Å². The molecule has 0 spiro atoms. The van der Waals surface area contributed by atoms with E-state index in [1.54, 1.807) is 19.1 Å². The highest BCUT2D eigenvalue weighted by Gasteiger charge is 2.14. The molecule has 0 aliphatic carbocycles. The second-order valence-corrected chi connectivity index (χ2v) is 8.63. The molecule has 186 valence electrons. The molecule has 0 atom stereocenters. The molecule has 0 bridgehead atoms. The van der Waals surface area contributed by atoms with Crippen LogP contribution >= 0.6 is 0 Å². The number of imidazole rings is 1. The van der Waals surface area contributed by atoms with E-state index in [0.29, 0.717) is 18.7 Å². The quantitative estimate of drug-likeness (QED) is 0.262. The van der Waals surface area contributed by atoms with Gasteiger partial charge in [0.05, 0.1) is 23.2 Å². The fraction of sp³-hybridized carbons (Fsp3) is 0.276. The fourth-order valence-corrected chi connectivity index (χ4v) is 4.26. The number of aromatic nitrogens is 2. The number of fused-ring (bicyclic) bond motifs is 1. The van der Waals surface area contributed by atoms with Crippen LogP contribution in [0.25, 0.3) is 22.2 Å². The van der Waals surface area contributed by atoms with Crippen molar-refractivity contribution in [3.63, 3.8) is 0 Å². The summed E-state index contributed by atoms with van der Waals surface area (Å²) in [6.45, 7) is 5.05. The number of carboxylic acid groups (broad SMARTS) is 1. The van der Waals surface area contributed by atoms with Gasteiger partial charge in [-0.2, -0.15) is 0 Å². The minimum atomic E-state index is -0.938. The number of hydrogen-bond acceptors (Lipinski definition) is 5. The Hall–Kier alpha value is -4.13. The lowest BCUT2D eigenvalue weighted by Gasteiger charge is -2.12. The molecule has 0 saturated carbocycles. The molecule has 4 aromatic rings. The average molecular weight is 486 g/mol. The van der Waals surface area contributed by atoms with Crippen molar-refractivity contribution in [1.29, 1.82) is 0 Å². The van der Waals surface area contributed by atoms with Crippen molar-refractivity contribution in [1.82, 2.24) is 9.55 Å². The largest absolute Gasteiger partial charge is 0.478 e. The predicted octanol–water partition coefficient (Wildman–Crippen LogP) is 5.77. The van der Waals surface area contributed by atoms with Gasteiger partial charge in [0.2, 0.25) is 0 Å². The number of unbranched alkanes of at least 4 members (excludes halogenated alkanes) is 1. The van der Waals surface area contributed by atoms with Gasteiger partial charge in [0, 0.05) is 18.7 Å². The molecule has 36 heavy (non-hydrogen) atoms. The summed E-state index contributed by atoms with van der Waals surface area (Å²) in [6.07, 6.45) is 3.00. The summed E-state index contributed by atoms with van der Waals surface area (Å²) in [5, 5.41) is 12.7. The van der Waals surface area contributed by atoms with Crippen LogP contribution in [0.3, 0.4) is 0 Å². The van der Waals surface area contributed by atoms with E-state index in [0.717, 1.165) is 52.9 Å². The normalized spacial score (nSPS) is 10.9. The van der Waals surface area contributed by atoms with Crippen LogP contribution in [-0.2, 0) is 22.5 Å². The Morgan fingerprint density at radius 3 is 2.53 bits per heavy atom. The van der Waals surface area contributed by atoms with Gasteiger partial charge in [-0.1, -0.05) is 55.8 Å². The fourth-order valence-electron chi connectivity index (χ4n) is 4.26. The standard InChI is InChI=1S/C29H31N3O4/c1-3-5-10-27-31-25-16-15-22(30-18-28(33)36-4-2)17-26(25)32(27)19-20-11-13-21(14-12-20)23-8-6-7-9-24(23)29(34)35/h6-9,11-17,30H,3-5,10,18-19H2,1-2H3,(H,34,35). The average Bonchev–Trinajstić information content (AvgIpc) is 3.23. The highest BCUT2D eigenvalue weighted by atomic mass is 16.5. The Kier molecular flexibility index (Phi) is 8.00. The molecular formula is C29H31N3O4. The summed E-state index contributed by atoms with van der Waals surface area (Å²) in [4.78, 5) is 28.3. The zero-order valence-electron chi connectivity index (χ0n) is 20.7. The first kappa shape index (κ1) is 25.0. The molecule has 7 nitrogen and oxygen atoms in total. The molecule has 0 radical (unpaired) electrons. The van der Waals surface area contributed by atoms with E-state index in [1.165, 1.54) is 0 Å². The first-order valence-electron chi connectivity index (χ1n) is 12.3. The van der Waals surface area contributed by atoms with Crippen LogP contribution in [0.1, 0.15) is 48.4 Å². The maximum atomic E-state index is 11.8. The van der Waals surface area contributed by atoms with E-state index in [1.807, 2.05) is 54.6 Å². The van der Waals surface area contributed by atoms with E-state index < -0.39 is 5.97 Å². The van der Waals surface area contributed by atoms with Crippen molar-refractivity contribution in [2.75, 3.05) is 18.5 Å². The highest BCUT2D eigenvalue weighted by Crippen LogP contribution is 2.26. The smallest absolute Gasteiger partial charge is 0.336 e. The van der Waals surface area contributed by atoms with Crippen LogP contribution in [-0.4, -0.2) is 39.7 Å². The van der Waals surface area contributed by atoms with Gasteiger partial charge >= 0.3 is 11.9 Å². The van der Waals surface area contributed by atoms with Gasteiger partial charge in [0.15, 0.2) is 0 Å². The number of nitrogens with one attached hydrogen (secondary N) is 1. The third kappa shape index (κ3) is 5.74. The molecule has 0 amide bonds. The second kappa shape index (κ2) is 11.5. The van der Waals surface area contributed by atoms with Crippen LogP contribution in [0.15, 0.2) is 66.7 Å². The number of ether oxygens (including phenoxy) is 1. The zero-order chi connectivity index (χ0) is 25.5. The number of carboxylic acids is 1. The monoisotopic (exact) mass is 485 g/mol. The summed E-state index contributed by atoms with van der Waals surface area (Å²) >= 11 is 0. The maximum Gasteiger partial charge on any atom is 0.336 e. The molecule has 0 saturated heterocycles. The van der Waals surface area contributed by atoms with E-state index in [9.17, 15) is 14.7 Å². The van der Waals surface area contributed by atoms with E-state index >= 15 is 0 Å². The number of carbonyl (C=O) groups is 2. The third-order valence-corrected chi connectivity index (χ3v) is 6.09. The van der Waals surface area contributed by atoms with E-state index in [2.05, 4.69) is 16.8 Å². The molecule has 0 unspecified atom stereocenters. The molecule has 3 aromatic carbocycles. The maximum absolute atomic E-state index is 11.8. The van der Waals surface area contributed by atoms with Crippen molar-refractivity contribution in [2.24, 2.45) is 0 Å². The molecule has 0 aliphatic heterocycles. The van der Waals surface area contributed by atoms with E-state index in [-0.39, 0.29) is 18.1 Å². The Labute approximate surface area is 210 Å². The lowest BCUT2D eigenvalue weighted by atomic mass is 9.99. The topological polar surface area (TPSA) is 93.5 Å². The van der Waals surface area contributed by atoms with Crippen LogP contribution in [0.2, 0.25) is 0 Å². The summed E-state index contributed by atoms with van der Waals surface area (Å²) in [5.74, 6) is -0.207. The number of anilines is 1. The van der Waals surface area contributed by atoms with Gasteiger partial charge in [-0.15, -0.1) is 0 Å². The van der Waals surface area contributed by atoms with Crippen LogP contribution in [0.5, 0.6) is 0 Å². The number of esters is 1. The zero-order valence-corrected chi connectivity index (χ0v) is 20.7. The number of aromatic carboxylic acids is 1. The minimum Gasteiger partial charge on any atom is -0.478 e. The number of hydrogen-bond donors (Lipinski definition) is 2. The Morgan fingerprint density at radius 1 is 1.03 bits per heavy atom. The van der Waals surface area contributed by atoms with Crippen molar-refractivity contribution in [3.05, 3.63) is 83.7 Å². The number of benzene rings is 3. The predicted molar refractivity (Wildman–Crippen MR) is 141 cm³/mol. The molecule has 7 heteroatoms. The van der Waals surface area contributed by atoms with Gasteiger partial charge in [-0.05, 0) is 54.3 Å². The summed E-state index contributed by atoms with van der Waals surface area (Å²) in [7, 11) is 0. The van der Waals surface area contributed by atoms with Gasteiger partial charge in [0.1, 0.15) is 12.4 Å². The molecule has 1 aromatic heterocycles. The Balaban J connectivity index is 1.63. The third-order valence-electron chi connectivity index (χ3n) is 6.09. The number of aryl methyl sites for hydroxylation is 1. The van der Waals surface area contributed by atoms with Crippen LogP contribution in [0, 0.1) is 0 Å². The van der Waals surface area contributed by atoms with Gasteiger partial charge < -0.3 is 19.7 Å². The molecule has 0 fully saturated rings. The van der Waals surface area contributed by atoms with Crippen molar-refractivity contribution in [2.45, 2.75) is 39.7 Å². The first-order valence-corrected chi connectivity index (χ1v) is 12.3. The Bertz CT molecular complexity index is 1360. The van der Waals surface area contributed by atoms with Crippen molar-refractivity contribution >= 4 is 28.7 Å². The molecule has 1 heterocycles.